The molecule has 2 rings (SSSR count). The third-order valence-electron chi connectivity index (χ3n) is 4.61. The summed E-state index contributed by atoms with van der Waals surface area (Å²) in [5.41, 5.74) is 2.36. The van der Waals surface area contributed by atoms with Crippen molar-refractivity contribution in [3.8, 4) is 0 Å². The predicted octanol–water partition coefficient (Wildman–Crippen LogP) is 3.65. The van der Waals surface area contributed by atoms with Crippen molar-refractivity contribution in [1.82, 2.24) is 0 Å². The molecule has 0 aromatic heterocycles. The highest BCUT2D eigenvalue weighted by Gasteiger charge is 2.52. The highest BCUT2D eigenvalue weighted by Crippen LogP contribution is 2.38. The molecule has 0 bridgehead atoms. The Hall–Kier alpha value is -1.10. The molecule has 1 aliphatic heterocycles. The van der Waals surface area contributed by atoms with Crippen molar-refractivity contribution >= 4 is 13.2 Å². The van der Waals surface area contributed by atoms with E-state index in [4.69, 9.17) is 9.31 Å². The van der Waals surface area contributed by atoms with Gasteiger partial charge >= 0.3 is 7.12 Å². The summed E-state index contributed by atoms with van der Waals surface area (Å²) in [4.78, 5) is 0. The molecule has 1 aliphatic rings. The molecule has 1 aromatic carbocycles. The van der Waals surface area contributed by atoms with E-state index >= 15 is 0 Å². The molecule has 0 atom stereocenters. The van der Waals surface area contributed by atoms with Gasteiger partial charge in [-0.15, -0.1) is 0 Å². The van der Waals surface area contributed by atoms with Crippen LogP contribution in [0, 0.1) is 0 Å². The van der Waals surface area contributed by atoms with Gasteiger partial charge in [0, 0.05) is 0 Å². The molecule has 0 aliphatic carbocycles. The average Bonchev–Trinajstić information content (AvgIpc) is 2.67. The van der Waals surface area contributed by atoms with Gasteiger partial charge < -0.3 is 14.4 Å². The normalized spacial score (nSPS) is 20.5. The zero-order chi connectivity index (χ0) is 16.4. The summed E-state index contributed by atoms with van der Waals surface area (Å²) in [6, 6.07) is 8.42. The fraction of sp³-hybridized carbons (Fsp3) is 0.556. The van der Waals surface area contributed by atoms with Crippen molar-refractivity contribution in [3.05, 3.63) is 40.9 Å². The molecule has 1 saturated heterocycles. The van der Waals surface area contributed by atoms with E-state index in [9.17, 15) is 5.11 Å². The molecule has 0 amide bonds. The summed E-state index contributed by atoms with van der Waals surface area (Å²) >= 11 is 0. The summed E-state index contributed by atoms with van der Waals surface area (Å²) in [6.45, 7) is 10.2. The molecule has 0 radical (unpaired) electrons. The minimum Gasteiger partial charge on any atom is -0.400 e. The van der Waals surface area contributed by atoms with Crippen molar-refractivity contribution in [2.24, 2.45) is 0 Å². The maximum Gasteiger partial charge on any atom is 0.492 e. The number of hydrogen-bond acceptors (Lipinski definition) is 3. The second-order valence-electron chi connectivity index (χ2n) is 6.96. The van der Waals surface area contributed by atoms with Gasteiger partial charge in [-0.25, -0.2) is 0 Å². The largest absolute Gasteiger partial charge is 0.492 e. The lowest BCUT2D eigenvalue weighted by Crippen LogP contribution is -2.41. The first-order valence-corrected chi connectivity index (χ1v) is 8.05. The van der Waals surface area contributed by atoms with E-state index in [-0.39, 0.29) is 6.61 Å². The number of aliphatic hydroxyl groups excluding tert-OH is 1. The molecule has 4 heteroatoms. The molecule has 1 aromatic rings. The van der Waals surface area contributed by atoms with Gasteiger partial charge in [-0.05, 0) is 50.7 Å². The van der Waals surface area contributed by atoms with E-state index in [1.165, 1.54) is 5.56 Å². The molecular formula is C18H27BO3. The summed E-state index contributed by atoms with van der Waals surface area (Å²) < 4.78 is 12.0. The molecule has 1 fully saturated rings. The minimum atomic E-state index is -0.495. The molecular weight excluding hydrogens is 275 g/mol. The van der Waals surface area contributed by atoms with Crippen LogP contribution in [-0.2, 0) is 15.7 Å². The molecule has 22 heavy (non-hydrogen) atoms. The molecule has 0 spiro atoms. The first kappa shape index (κ1) is 17.3. The third kappa shape index (κ3) is 3.62. The Morgan fingerprint density at radius 2 is 1.64 bits per heavy atom. The van der Waals surface area contributed by atoms with E-state index in [0.717, 1.165) is 23.9 Å². The van der Waals surface area contributed by atoms with Gasteiger partial charge in [-0.2, -0.15) is 0 Å². The van der Waals surface area contributed by atoms with Crippen LogP contribution in [-0.4, -0.2) is 30.0 Å². The first-order valence-electron chi connectivity index (χ1n) is 8.05. The number of aliphatic hydroxyl groups is 1. The summed E-state index contributed by atoms with van der Waals surface area (Å²) in [5, 5.41) is 9.70. The van der Waals surface area contributed by atoms with E-state index in [2.05, 4.69) is 31.2 Å². The quantitative estimate of drug-likeness (QED) is 0.844. The van der Waals surface area contributed by atoms with Crippen LogP contribution in [0.2, 0.25) is 0 Å². The van der Waals surface area contributed by atoms with E-state index < -0.39 is 18.3 Å². The van der Waals surface area contributed by atoms with Crippen LogP contribution in [0.4, 0.5) is 0 Å². The summed E-state index contributed by atoms with van der Waals surface area (Å²) in [5.74, 6) is 0. The Morgan fingerprint density at radius 3 is 2.09 bits per heavy atom. The molecule has 1 N–H and O–H groups in total. The Bertz CT molecular complexity index is 516. The van der Waals surface area contributed by atoms with Gasteiger partial charge in [0.05, 0.1) is 17.8 Å². The van der Waals surface area contributed by atoms with Gasteiger partial charge in [-0.3, -0.25) is 0 Å². The van der Waals surface area contributed by atoms with Crippen LogP contribution in [0.5, 0.6) is 0 Å². The molecule has 0 unspecified atom stereocenters. The second kappa shape index (κ2) is 6.57. The molecule has 0 saturated carbocycles. The van der Waals surface area contributed by atoms with Crippen molar-refractivity contribution in [2.45, 2.75) is 58.7 Å². The van der Waals surface area contributed by atoms with Crippen LogP contribution < -0.4 is 0 Å². The Kier molecular flexibility index (Phi) is 5.16. The summed E-state index contributed by atoms with van der Waals surface area (Å²) in [6.07, 6.45) is 4.19. The van der Waals surface area contributed by atoms with Gasteiger partial charge in [0.2, 0.25) is 0 Å². The lowest BCUT2D eigenvalue weighted by Gasteiger charge is -2.32. The zero-order valence-electron chi connectivity index (χ0n) is 14.3. The van der Waals surface area contributed by atoms with E-state index in [1.807, 2.05) is 33.8 Å². The molecule has 3 nitrogen and oxygen atoms in total. The SMILES string of the molecule is CCCc1ccc(C=C(CO)B2OC(C)(C)C(C)(C)O2)cc1. The fourth-order valence-electron chi connectivity index (χ4n) is 2.47. The van der Waals surface area contributed by atoms with Crippen LogP contribution in [0.1, 0.15) is 52.2 Å². The van der Waals surface area contributed by atoms with Crippen molar-refractivity contribution < 1.29 is 14.4 Å². The lowest BCUT2D eigenvalue weighted by molar-refractivity contribution is 0.00578. The monoisotopic (exact) mass is 302 g/mol. The van der Waals surface area contributed by atoms with E-state index in [0.29, 0.717) is 0 Å². The number of benzene rings is 1. The maximum atomic E-state index is 9.70. The van der Waals surface area contributed by atoms with Crippen LogP contribution >= 0.6 is 0 Å². The second-order valence-corrected chi connectivity index (χ2v) is 6.96. The fourth-order valence-corrected chi connectivity index (χ4v) is 2.47. The Labute approximate surface area is 134 Å². The first-order chi connectivity index (χ1) is 10.3. The van der Waals surface area contributed by atoms with Gasteiger partial charge in [0.15, 0.2) is 0 Å². The lowest BCUT2D eigenvalue weighted by atomic mass is 9.77. The topological polar surface area (TPSA) is 38.7 Å². The van der Waals surface area contributed by atoms with Crippen LogP contribution in [0.25, 0.3) is 6.08 Å². The number of hydrogen-bond donors (Lipinski definition) is 1. The highest BCUT2D eigenvalue weighted by molar-refractivity contribution is 6.55. The van der Waals surface area contributed by atoms with Gasteiger partial charge in [0.25, 0.3) is 0 Å². The third-order valence-corrected chi connectivity index (χ3v) is 4.61. The predicted molar refractivity (Wildman–Crippen MR) is 91.6 cm³/mol. The van der Waals surface area contributed by atoms with Gasteiger partial charge in [-0.1, -0.05) is 43.7 Å². The Balaban J connectivity index is 2.18. The minimum absolute atomic E-state index is 0.0759. The Morgan fingerprint density at radius 1 is 1.09 bits per heavy atom. The summed E-state index contributed by atoms with van der Waals surface area (Å²) in [7, 11) is -0.495. The number of rotatable bonds is 5. The molecule has 120 valence electrons. The standard InChI is InChI=1S/C18H27BO3/c1-6-7-14-8-10-15(11-9-14)12-16(13-20)19-21-17(2,3)18(4,5)22-19/h8-12,20H,6-7,13H2,1-5H3. The maximum absolute atomic E-state index is 9.70. The van der Waals surface area contributed by atoms with Crippen molar-refractivity contribution in [1.29, 1.82) is 0 Å². The number of aryl methyl sites for hydroxylation is 1. The average molecular weight is 302 g/mol. The van der Waals surface area contributed by atoms with Crippen LogP contribution in [0.15, 0.2) is 29.7 Å². The molecule has 1 heterocycles. The van der Waals surface area contributed by atoms with Crippen molar-refractivity contribution in [2.75, 3.05) is 6.61 Å². The zero-order valence-corrected chi connectivity index (χ0v) is 14.3. The highest BCUT2D eigenvalue weighted by atomic mass is 16.7. The van der Waals surface area contributed by atoms with Gasteiger partial charge in [0.1, 0.15) is 0 Å². The van der Waals surface area contributed by atoms with E-state index in [1.54, 1.807) is 0 Å². The smallest absolute Gasteiger partial charge is 0.400 e. The van der Waals surface area contributed by atoms with Crippen LogP contribution in [0.3, 0.4) is 0 Å². The van der Waals surface area contributed by atoms with Crippen molar-refractivity contribution in [3.63, 3.8) is 0 Å².